The molecule has 22 heavy (non-hydrogen) atoms. The maximum atomic E-state index is 14.1. The minimum atomic E-state index is -1.56. The summed E-state index contributed by atoms with van der Waals surface area (Å²) < 4.78 is 49.8. The molecule has 0 radical (unpaired) electrons. The number of ketones is 1. The smallest absolute Gasteiger partial charge is 0.343 e. The lowest BCUT2D eigenvalue weighted by molar-refractivity contribution is -0.135. The van der Waals surface area contributed by atoms with Crippen molar-refractivity contribution in [2.75, 3.05) is 28.3 Å². The molecule has 0 saturated carbocycles. The summed E-state index contributed by atoms with van der Waals surface area (Å²) in [5.74, 6) is -7.68. The summed E-state index contributed by atoms with van der Waals surface area (Å²) in [5.41, 5.74) is -1.38. The summed E-state index contributed by atoms with van der Waals surface area (Å²) in [6.07, 6.45) is 1.08. The first-order valence-electron chi connectivity index (χ1n) is 5.97. The Bertz CT molecular complexity index is 641. The fraction of sp³-hybridized carbons (Fsp3) is 0.286. The van der Waals surface area contributed by atoms with Crippen molar-refractivity contribution in [1.29, 1.82) is 0 Å². The summed E-state index contributed by atoms with van der Waals surface area (Å²) in [4.78, 5) is 25.2. The Kier molecular flexibility index (Phi) is 5.56. The van der Waals surface area contributed by atoms with Gasteiger partial charge in [0.15, 0.2) is 17.4 Å². The first kappa shape index (κ1) is 17.5. The largest absolute Gasteiger partial charge is 0.491 e. The number of halogens is 3. The van der Waals surface area contributed by atoms with E-state index in [-0.39, 0.29) is 0 Å². The first-order valence-corrected chi connectivity index (χ1v) is 5.97. The van der Waals surface area contributed by atoms with Crippen molar-refractivity contribution in [3.05, 3.63) is 40.9 Å². The molecule has 120 valence electrons. The van der Waals surface area contributed by atoms with Gasteiger partial charge in [-0.2, -0.15) is 4.39 Å². The third-order valence-electron chi connectivity index (χ3n) is 2.60. The zero-order valence-corrected chi connectivity index (χ0v) is 12.4. The third kappa shape index (κ3) is 3.38. The molecule has 1 aromatic rings. The number of benzene rings is 1. The molecular weight excluding hydrogens is 303 g/mol. The van der Waals surface area contributed by atoms with Gasteiger partial charge in [0, 0.05) is 20.3 Å². The quantitative estimate of drug-likeness (QED) is 0.207. The van der Waals surface area contributed by atoms with Crippen LogP contribution in [-0.4, -0.2) is 45.0 Å². The molecule has 0 fully saturated rings. The molecule has 0 amide bonds. The van der Waals surface area contributed by atoms with Crippen molar-refractivity contribution >= 4 is 11.8 Å². The molecule has 0 aliphatic carbocycles. The number of carbonyl (C=O) groups excluding carboxylic acids is 2. The van der Waals surface area contributed by atoms with Gasteiger partial charge in [-0.1, -0.05) is 0 Å². The standard InChI is InChI=1S/C14H14F3NO4/c1-18(2)6-8(14(20)22-4)12(19)7-5-9(15)11(17)13(21-3)10(7)16/h5-6H,1-4H3. The third-order valence-corrected chi connectivity index (χ3v) is 2.60. The molecule has 0 spiro atoms. The monoisotopic (exact) mass is 317 g/mol. The maximum absolute atomic E-state index is 14.1. The fourth-order valence-electron chi connectivity index (χ4n) is 1.64. The zero-order chi connectivity index (χ0) is 17.0. The van der Waals surface area contributed by atoms with Crippen LogP contribution >= 0.6 is 0 Å². The van der Waals surface area contributed by atoms with Gasteiger partial charge < -0.3 is 14.4 Å². The topological polar surface area (TPSA) is 55.8 Å². The van der Waals surface area contributed by atoms with E-state index in [1.165, 1.54) is 19.0 Å². The van der Waals surface area contributed by atoms with Crippen LogP contribution < -0.4 is 4.74 Å². The summed E-state index contributed by atoms with van der Waals surface area (Å²) in [7, 11) is 4.98. The van der Waals surface area contributed by atoms with Gasteiger partial charge in [-0.3, -0.25) is 4.79 Å². The highest BCUT2D eigenvalue weighted by Gasteiger charge is 2.28. The number of nitrogens with zero attached hydrogens (tertiary/aromatic N) is 1. The van der Waals surface area contributed by atoms with Crippen molar-refractivity contribution < 1.29 is 32.2 Å². The van der Waals surface area contributed by atoms with E-state index < -0.39 is 46.1 Å². The predicted molar refractivity (Wildman–Crippen MR) is 71.0 cm³/mol. The van der Waals surface area contributed by atoms with Crippen molar-refractivity contribution in [3.63, 3.8) is 0 Å². The summed E-state index contributed by atoms with van der Waals surface area (Å²) >= 11 is 0. The molecular formula is C14H14F3NO4. The summed E-state index contributed by atoms with van der Waals surface area (Å²) in [6.45, 7) is 0. The molecule has 0 aliphatic heterocycles. The number of ether oxygens (including phenoxy) is 2. The Morgan fingerprint density at radius 2 is 1.73 bits per heavy atom. The van der Waals surface area contributed by atoms with Crippen molar-refractivity contribution in [2.45, 2.75) is 0 Å². The van der Waals surface area contributed by atoms with Crippen molar-refractivity contribution in [1.82, 2.24) is 4.90 Å². The van der Waals surface area contributed by atoms with Crippen LogP contribution in [0.25, 0.3) is 0 Å². The summed E-state index contributed by atoms with van der Waals surface area (Å²) in [5, 5.41) is 0. The molecule has 0 heterocycles. The zero-order valence-electron chi connectivity index (χ0n) is 12.4. The maximum Gasteiger partial charge on any atom is 0.343 e. The van der Waals surface area contributed by atoms with Crippen LogP contribution in [0.4, 0.5) is 13.2 Å². The second-order valence-corrected chi connectivity index (χ2v) is 4.39. The van der Waals surface area contributed by atoms with Gasteiger partial charge in [-0.15, -0.1) is 0 Å². The van der Waals surface area contributed by atoms with E-state index in [0.29, 0.717) is 6.07 Å². The molecule has 5 nitrogen and oxygen atoms in total. The predicted octanol–water partition coefficient (Wildman–Crippen LogP) is 1.91. The van der Waals surface area contributed by atoms with E-state index in [0.717, 1.165) is 20.4 Å². The highest BCUT2D eigenvalue weighted by molar-refractivity contribution is 6.24. The average Bonchev–Trinajstić information content (AvgIpc) is 2.47. The van der Waals surface area contributed by atoms with E-state index in [1.54, 1.807) is 0 Å². The lowest BCUT2D eigenvalue weighted by Gasteiger charge is -2.12. The number of Topliss-reactive ketones (excluding diaryl/α,β-unsaturated/α-hetero) is 1. The summed E-state index contributed by atoms with van der Waals surface area (Å²) in [6, 6.07) is 0.363. The lowest BCUT2D eigenvalue weighted by atomic mass is 10.0. The van der Waals surface area contributed by atoms with Crippen LogP contribution in [0.5, 0.6) is 5.75 Å². The molecule has 1 rings (SSSR count). The van der Waals surface area contributed by atoms with Crippen LogP contribution in [0, 0.1) is 17.5 Å². The Morgan fingerprint density at radius 3 is 2.18 bits per heavy atom. The van der Waals surface area contributed by atoms with Crippen LogP contribution in [0.15, 0.2) is 17.8 Å². The number of rotatable bonds is 5. The normalized spacial score (nSPS) is 11.1. The number of esters is 1. The Labute approximate surface area is 124 Å². The van der Waals surface area contributed by atoms with E-state index >= 15 is 0 Å². The van der Waals surface area contributed by atoms with Gasteiger partial charge in [0.2, 0.25) is 11.6 Å². The first-order chi connectivity index (χ1) is 10.2. The van der Waals surface area contributed by atoms with Gasteiger partial charge in [0.05, 0.1) is 19.8 Å². The number of hydrogen-bond acceptors (Lipinski definition) is 5. The highest BCUT2D eigenvalue weighted by Crippen LogP contribution is 2.28. The van der Waals surface area contributed by atoms with Crippen LogP contribution in [0.3, 0.4) is 0 Å². The number of hydrogen-bond donors (Lipinski definition) is 0. The van der Waals surface area contributed by atoms with Gasteiger partial charge in [0.1, 0.15) is 5.57 Å². The van der Waals surface area contributed by atoms with E-state index in [4.69, 9.17) is 0 Å². The van der Waals surface area contributed by atoms with E-state index in [2.05, 4.69) is 9.47 Å². The average molecular weight is 317 g/mol. The van der Waals surface area contributed by atoms with Crippen molar-refractivity contribution in [2.24, 2.45) is 0 Å². The van der Waals surface area contributed by atoms with Gasteiger partial charge in [0.25, 0.3) is 0 Å². The minimum Gasteiger partial charge on any atom is -0.491 e. The Balaban J connectivity index is 3.50. The highest BCUT2D eigenvalue weighted by atomic mass is 19.2. The molecule has 0 atom stereocenters. The fourth-order valence-corrected chi connectivity index (χ4v) is 1.64. The second kappa shape index (κ2) is 6.97. The van der Waals surface area contributed by atoms with E-state index in [9.17, 15) is 22.8 Å². The van der Waals surface area contributed by atoms with Crippen LogP contribution in [-0.2, 0) is 9.53 Å². The molecule has 0 N–H and O–H groups in total. The Hall–Kier alpha value is -2.51. The van der Waals surface area contributed by atoms with Crippen LogP contribution in [0.2, 0.25) is 0 Å². The van der Waals surface area contributed by atoms with Crippen LogP contribution in [0.1, 0.15) is 10.4 Å². The minimum absolute atomic E-state index is 0.363. The van der Waals surface area contributed by atoms with E-state index in [1.807, 2.05) is 0 Å². The number of methoxy groups -OCH3 is 2. The Morgan fingerprint density at radius 1 is 1.14 bits per heavy atom. The molecule has 0 aromatic heterocycles. The SMILES string of the molecule is COC(=O)C(=CN(C)C)C(=O)c1cc(F)c(F)c(OC)c1F. The molecule has 8 heteroatoms. The molecule has 0 unspecified atom stereocenters. The molecule has 0 bridgehead atoms. The molecule has 1 aromatic carbocycles. The second-order valence-electron chi connectivity index (χ2n) is 4.39. The van der Waals surface area contributed by atoms with Gasteiger partial charge in [-0.05, 0) is 6.07 Å². The lowest BCUT2D eigenvalue weighted by Crippen LogP contribution is -2.20. The molecule has 0 aliphatic rings. The van der Waals surface area contributed by atoms with Gasteiger partial charge >= 0.3 is 5.97 Å². The van der Waals surface area contributed by atoms with Gasteiger partial charge in [-0.25, -0.2) is 13.6 Å². The number of carbonyl (C=O) groups is 2. The molecule has 0 saturated heterocycles. The van der Waals surface area contributed by atoms with Crippen molar-refractivity contribution in [3.8, 4) is 5.75 Å².